The average Bonchev–Trinajstić information content (AvgIpc) is 2.57. The summed E-state index contributed by atoms with van der Waals surface area (Å²) in [6.45, 7) is 1.87. The molecule has 1 N–H and O–H groups in total. The summed E-state index contributed by atoms with van der Waals surface area (Å²) in [6, 6.07) is 16.3. The van der Waals surface area contributed by atoms with Gasteiger partial charge in [-0.25, -0.2) is 0 Å². The summed E-state index contributed by atoms with van der Waals surface area (Å²) in [5, 5.41) is 3.34. The van der Waals surface area contributed by atoms with Gasteiger partial charge in [-0.3, -0.25) is 0 Å². The lowest BCUT2D eigenvalue weighted by molar-refractivity contribution is -0.274. The molecule has 2 aromatic carbocycles. The van der Waals surface area contributed by atoms with Gasteiger partial charge in [0.05, 0.1) is 0 Å². The zero-order valence-electron chi connectivity index (χ0n) is 13.1. The molecule has 1 aliphatic rings. The van der Waals surface area contributed by atoms with E-state index in [1.807, 2.05) is 30.3 Å². The van der Waals surface area contributed by atoms with Crippen molar-refractivity contribution in [1.82, 2.24) is 5.32 Å². The molecule has 0 aromatic heterocycles. The number of ether oxygens (including phenoxy) is 1. The van der Waals surface area contributed by atoms with Gasteiger partial charge in [0.15, 0.2) is 0 Å². The first-order valence-corrected chi connectivity index (χ1v) is 7.94. The molecular weight excluding hydrogens is 317 g/mol. The predicted octanol–water partition coefficient (Wildman–Crippen LogP) is 4.48. The van der Waals surface area contributed by atoms with Crippen LogP contribution in [0.1, 0.15) is 12.8 Å². The van der Waals surface area contributed by atoms with Crippen LogP contribution in [0.5, 0.6) is 5.75 Å². The average molecular weight is 336 g/mol. The van der Waals surface area contributed by atoms with Crippen molar-refractivity contribution in [3.63, 3.8) is 0 Å². The molecule has 0 spiro atoms. The highest BCUT2D eigenvalue weighted by Crippen LogP contribution is 2.33. The molecule has 3 rings (SSSR count). The lowest BCUT2D eigenvalue weighted by Gasteiger charge is -2.36. The van der Waals surface area contributed by atoms with Crippen LogP contribution in [0.25, 0.3) is 0 Å². The quantitative estimate of drug-likeness (QED) is 0.891. The molecule has 6 heteroatoms. The molecule has 0 saturated carbocycles. The Morgan fingerprint density at radius 1 is 0.875 bits per heavy atom. The number of piperidine rings is 1. The van der Waals surface area contributed by atoms with Crippen LogP contribution in [0.2, 0.25) is 0 Å². The van der Waals surface area contributed by atoms with Crippen molar-refractivity contribution >= 4 is 11.4 Å². The lowest BCUT2D eigenvalue weighted by atomic mass is 10.0. The third kappa shape index (κ3) is 4.20. The highest BCUT2D eigenvalue weighted by molar-refractivity contribution is 5.64. The second kappa shape index (κ2) is 7.13. The third-order valence-electron chi connectivity index (χ3n) is 4.06. The number of nitrogens with one attached hydrogen (secondary N) is 1. The number of benzene rings is 2. The SMILES string of the molecule is FC(F)(F)Oc1ccc(N(c2ccccc2)C2CCNCC2)cc1. The minimum atomic E-state index is -4.67. The summed E-state index contributed by atoms with van der Waals surface area (Å²) in [5.41, 5.74) is 1.90. The fourth-order valence-electron chi connectivity index (χ4n) is 3.03. The Hall–Kier alpha value is -2.21. The molecule has 3 nitrogen and oxygen atoms in total. The number of halogens is 3. The minimum absolute atomic E-state index is 0.204. The maximum atomic E-state index is 12.3. The number of anilines is 2. The molecule has 1 aliphatic heterocycles. The van der Waals surface area contributed by atoms with E-state index < -0.39 is 6.36 Å². The summed E-state index contributed by atoms with van der Waals surface area (Å²) >= 11 is 0. The van der Waals surface area contributed by atoms with Crippen LogP contribution >= 0.6 is 0 Å². The molecule has 0 unspecified atom stereocenters. The fraction of sp³-hybridized carbons (Fsp3) is 0.333. The topological polar surface area (TPSA) is 24.5 Å². The Balaban J connectivity index is 1.87. The van der Waals surface area contributed by atoms with Crippen molar-refractivity contribution in [2.45, 2.75) is 25.2 Å². The molecule has 24 heavy (non-hydrogen) atoms. The van der Waals surface area contributed by atoms with E-state index in [0.29, 0.717) is 6.04 Å². The highest BCUT2D eigenvalue weighted by Gasteiger charge is 2.31. The van der Waals surface area contributed by atoms with Crippen LogP contribution < -0.4 is 15.0 Å². The maximum absolute atomic E-state index is 12.3. The molecule has 0 aliphatic carbocycles. The first-order chi connectivity index (χ1) is 11.5. The van der Waals surface area contributed by atoms with Crippen LogP contribution in [0.4, 0.5) is 24.5 Å². The van der Waals surface area contributed by atoms with Gasteiger partial charge in [0.25, 0.3) is 0 Å². The van der Waals surface area contributed by atoms with Gasteiger partial charge in [-0.1, -0.05) is 18.2 Å². The first-order valence-electron chi connectivity index (χ1n) is 7.94. The van der Waals surface area contributed by atoms with Gasteiger partial charge in [-0.15, -0.1) is 13.2 Å². The van der Waals surface area contributed by atoms with Gasteiger partial charge in [-0.05, 0) is 62.3 Å². The predicted molar refractivity (Wildman–Crippen MR) is 87.6 cm³/mol. The van der Waals surface area contributed by atoms with Crippen molar-refractivity contribution in [1.29, 1.82) is 0 Å². The second-order valence-corrected chi connectivity index (χ2v) is 5.73. The van der Waals surface area contributed by atoms with Crippen LogP contribution in [-0.2, 0) is 0 Å². The van der Waals surface area contributed by atoms with Crippen molar-refractivity contribution in [2.75, 3.05) is 18.0 Å². The highest BCUT2D eigenvalue weighted by atomic mass is 19.4. The number of rotatable bonds is 4. The van der Waals surface area contributed by atoms with Gasteiger partial charge in [0, 0.05) is 17.4 Å². The fourth-order valence-corrected chi connectivity index (χ4v) is 3.03. The van der Waals surface area contributed by atoms with Gasteiger partial charge in [0.2, 0.25) is 0 Å². The number of para-hydroxylation sites is 1. The van der Waals surface area contributed by atoms with Gasteiger partial charge < -0.3 is 15.0 Å². The first kappa shape index (κ1) is 16.6. The van der Waals surface area contributed by atoms with E-state index in [4.69, 9.17) is 0 Å². The molecule has 0 amide bonds. The van der Waals surface area contributed by atoms with Crippen molar-refractivity contribution in [2.24, 2.45) is 0 Å². The Morgan fingerprint density at radius 2 is 1.46 bits per heavy atom. The Bertz CT molecular complexity index is 638. The van der Waals surface area contributed by atoms with E-state index in [1.165, 1.54) is 12.1 Å². The van der Waals surface area contributed by atoms with Crippen molar-refractivity contribution < 1.29 is 17.9 Å². The molecule has 0 atom stereocenters. The maximum Gasteiger partial charge on any atom is 0.573 e. The zero-order valence-corrected chi connectivity index (χ0v) is 13.1. The van der Waals surface area contributed by atoms with E-state index in [9.17, 15) is 13.2 Å². The van der Waals surface area contributed by atoms with E-state index in [2.05, 4.69) is 15.0 Å². The number of hydrogen-bond acceptors (Lipinski definition) is 3. The monoisotopic (exact) mass is 336 g/mol. The molecule has 0 bridgehead atoms. The van der Waals surface area contributed by atoms with E-state index in [-0.39, 0.29) is 5.75 Å². The Kier molecular flexibility index (Phi) is 4.94. The Labute approximate surface area is 139 Å². The van der Waals surface area contributed by atoms with Crippen LogP contribution in [-0.4, -0.2) is 25.5 Å². The van der Waals surface area contributed by atoms with E-state index in [1.54, 1.807) is 12.1 Å². The Morgan fingerprint density at radius 3 is 2.04 bits per heavy atom. The molecular formula is C18H19F3N2O. The number of alkyl halides is 3. The van der Waals surface area contributed by atoms with Crippen molar-refractivity contribution in [3.8, 4) is 5.75 Å². The van der Waals surface area contributed by atoms with Crippen LogP contribution in [0.15, 0.2) is 54.6 Å². The summed E-state index contributed by atoms with van der Waals surface area (Å²) in [4.78, 5) is 2.19. The van der Waals surface area contributed by atoms with Gasteiger partial charge in [-0.2, -0.15) is 0 Å². The minimum Gasteiger partial charge on any atom is -0.406 e. The number of nitrogens with zero attached hydrogens (tertiary/aromatic N) is 1. The zero-order chi connectivity index (χ0) is 17.0. The molecule has 2 aromatic rings. The molecule has 1 heterocycles. The molecule has 128 valence electrons. The molecule has 1 saturated heterocycles. The smallest absolute Gasteiger partial charge is 0.406 e. The summed E-state index contributed by atoms with van der Waals surface area (Å²) in [7, 11) is 0. The van der Waals surface area contributed by atoms with Gasteiger partial charge in [0.1, 0.15) is 5.75 Å². The number of hydrogen-bond donors (Lipinski definition) is 1. The molecule has 0 radical (unpaired) electrons. The summed E-state index contributed by atoms with van der Waals surface area (Å²) < 4.78 is 40.9. The van der Waals surface area contributed by atoms with Crippen LogP contribution in [0, 0.1) is 0 Å². The third-order valence-corrected chi connectivity index (χ3v) is 4.06. The normalized spacial score (nSPS) is 16.0. The summed E-state index contributed by atoms with van der Waals surface area (Å²) in [5.74, 6) is -0.204. The lowest BCUT2D eigenvalue weighted by Crippen LogP contribution is -2.40. The second-order valence-electron chi connectivity index (χ2n) is 5.73. The van der Waals surface area contributed by atoms with Gasteiger partial charge >= 0.3 is 6.36 Å². The molecule has 1 fully saturated rings. The summed E-state index contributed by atoms with van der Waals surface area (Å²) in [6.07, 6.45) is -2.71. The van der Waals surface area contributed by atoms with E-state index >= 15 is 0 Å². The van der Waals surface area contributed by atoms with Crippen molar-refractivity contribution in [3.05, 3.63) is 54.6 Å². The standard InChI is InChI=1S/C18H19F3N2O/c19-18(20,21)24-17-8-6-15(7-9-17)23(14-4-2-1-3-5-14)16-10-12-22-13-11-16/h1-9,16,22H,10-13H2. The van der Waals surface area contributed by atoms with E-state index in [0.717, 1.165) is 37.3 Å². The largest absolute Gasteiger partial charge is 0.573 e. The van der Waals surface area contributed by atoms with Crippen LogP contribution in [0.3, 0.4) is 0 Å².